The van der Waals surface area contributed by atoms with Gasteiger partial charge >= 0.3 is 11.7 Å². The number of hydrogen-bond acceptors (Lipinski definition) is 6. The van der Waals surface area contributed by atoms with E-state index >= 15 is 0 Å². The second-order valence-electron chi connectivity index (χ2n) is 4.16. The van der Waals surface area contributed by atoms with Crippen LogP contribution in [0, 0.1) is 17.0 Å². The SMILES string of the molecule is COc1c(S(=O)(=O)NCCC(=O)O)cc(Br)c(C)c1[N+](=O)[O-]. The number of benzene rings is 1. The number of carboxylic acids is 1. The molecule has 0 radical (unpaired) electrons. The zero-order valence-corrected chi connectivity index (χ0v) is 14.0. The van der Waals surface area contributed by atoms with E-state index < -0.39 is 43.7 Å². The maximum absolute atomic E-state index is 12.2. The van der Waals surface area contributed by atoms with E-state index in [0.29, 0.717) is 0 Å². The molecule has 2 N–H and O–H groups in total. The Kier molecular flexibility index (Phi) is 5.85. The summed E-state index contributed by atoms with van der Waals surface area (Å²) >= 11 is 3.07. The van der Waals surface area contributed by atoms with Crippen LogP contribution < -0.4 is 9.46 Å². The van der Waals surface area contributed by atoms with Crippen LogP contribution in [0.25, 0.3) is 0 Å². The van der Waals surface area contributed by atoms with Gasteiger partial charge < -0.3 is 9.84 Å². The van der Waals surface area contributed by atoms with Crippen LogP contribution in [0.15, 0.2) is 15.4 Å². The zero-order valence-electron chi connectivity index (χ0n) is 11.6. The smallest absolute Gasteiger partial charge is 0.316 e. The summed E-state index contributed by atoms with van der Waals surface area (Å²) in [4.78, 5) is 20.4. The number of rotatable bonds is 7. The lowest BCUT2D eigenvalue weighted by atomic mass is 10.2. The van der Waals surface area contributed by atoms with Crippen molar-refractivity contribution >= 4 is 37.6 Å². The summed E-state index contributed by atoms with van der Waals surface area (Å²) in [5.41, 5.74) is -0.262. The van der Waals surface area contributed by atoms with Gasteiger partial charge in [0.2, 0.25) is 15.8 Å². The van der Waals surface area contributed by atoms with Crippen molar-refractivity contribution in [3.8, 4) is 5.75 Å². The molecule has 1 rings (SSSR count). The van der Waals surface area contributed by atoms with Crippen molar-refractivity contribution in [1.29, 1.82) is 0 Å². The van der Waals surface area contributed by atoms with Crippen molar-refractivity contribution in [2.75, 3.05) is 13.7 Å². The van der Waals surface area contributed by atoms with Crippen molar-refractivity contribution in [1.82, 2.24) is 4.72 Å². The lowest BCUT2D eigenvalue weighted by Crippen LogP contribution is -2.27. The van der Waals surface area contributed by atoms with Gasteiger partial charge in [-0.2, -0.15) is 0 Å². The third-order valence-corrected chi connectivity index (χ3v) is 5.01. The molecular formula is C11H13BrN2O7S. The van der Waals surface area contributed by atoms with E-state index in [1.54, 1.807) is 0 Å². The van der Waals surface area contributed by atoms with Gasteiger partial charge in [-0.3, -0.25) is 14.9 Å². The molecule has 9 nitrogen and oxygen atoms in total. The first kappa shape index (κ1) is 18.3. The Morgan fingerprint density at radius 3 is 2.59 bits per heavy atom. The van der Waals surface area contributed by atoms with Crippen molar-refractivity contribution in [2.24, 2.45) is 0 Å². The maximum Gasteiger partial charge on any atom is 0.316 e. The highest BCUT2D eigenvalue weighted by Gasteiger charge is 2.30. The molecule has 0 atom stereocenters. The van der Waals surface area contributed by atoms with E-state index in [-0.39, 0.29) is 16.6 Å². The molecule has 22 heavy (non-hydrogen) atoms. The first-order chi connectivity index (χ1) is 10.1. The Morgan fingerprint density at radius 2 is 2.14 bits per heavy atom. The second kappa shape index (κ2) is 7.03. The van der Waals surface area contributed by atoms with Crippen LogP contribution in [0.4, 0.5) is 5.69 Å². The molecule has 0 aliphatic heterocycles. The molecule has 0 unspecified atom stereocenters. The van der Waals surface area contributed by atoms with Crippen LogP contribution in [-0.2, 0) is 14.8 Å². The number of aliphatic carboxylic acids is 1. The Bertz CT molecular complexity index is 718. The van der Waals surface area contributed by atoms with Gasteiger partial charge in [0, 0.05) is 16.6 Å². The van der Waals surface area contributed by atoms with Gasteiger partial charge in [0.1, 0.15) is 4.90 Å². The molecule has 122 valence electrons. The molecule has 11 heteroatoms. The van der Waals surface area contributed by atoms with Crippen molar-refractivity contribution < 1.29 is 28.0 Å². The fourth-order valence-corrected chi connectivity index (χ4v) is 3.47. The Labute approximate surface area is 134 Å². The van der Waals surface area contributed by atoms with Crippen LogP contribution in [0.2, 0.25) is 0 Å². The van der Waals surface area contributed by atoms with E-state index in [1.807, 2.05) is 0 Å². The van der Waals surface area contributed by atoms with Crippen molar-refractivity contribution in [3.63, 3.8) is 0 Å². The molecule has 0 bridgehead atoms. The van der Waals surface area contributed by atoms with Gasteiger partial charge in [0.25, 0.3) is 0 Å². The molecule has 0 spiro atoms. The summed E-state index contributed by atoms with van der Waals surface area (Å²) in [6.07, 6.45) is -0.420. The normalized spacial score (nSPS) is 11.2. The van der Waals surface area contributed by atoms with Gasteiger partial charge in [0.05, 0.1) is 18.5 Å². The topological polar surface area (TPSA) is 136 Å². The van der Waals surface area contributed by atoms with Crippen molar-refractivity contribution in [2.45, 2.75) is 18.2 Å². The summed E-state index contributed by atoms with van der Waals surface area (Å²) in [6, 6.07) is 1.17. The van der Waals surface area contributed by atoms with Crippen molar-refractivity contribution in [3.05, 3.63) is 26.2 Å². The van der Waals surface area contributed by atoms with E-state index in [2.05, 4.69) is 20.7 Å². The fourth-order valence-electron chi connectivity index (χ4n) is 1.68. The largest absolute Gasteiger partial charge is 0.489 e. The molecule has 0 aromatic heterocycles. The summed E-state index contributed by atoms with van der Waals surface area (Å²) in [5, 5.41) is 19.7. The van der Waals surface area contributed by atoms with Gasteiger partial charge in [-0.05, 0) is 13.0 Å². The van der Waals surface area contributed by atoms with Crippen LogP contribution in [0.5, 0.6) is 5.75 Å². The summed E-state index contributed by atoms with van der Waals surface area (Å²) < 4.78 is 31.6. The van der Waals surface area contributed by atoms with Gasteiger partial charge in [0.15, 0.2) is 0 Å². The lowest BCUT2D eigenvalue weighted by Gasteiger charge is -2.13. The Balaban J connectivity index is 3.40. The molecule has 0 aliphatic carbocycles. The third-order valence-electron chi connectivity index (χ3n) is 2.72. The highest BCUT2D eigenvalue weighted by Crippen LogP contribution is 2.40. The standard InChI is InChI=1S/C11H13BrN2O7S/c1-6-7(12)5-8(11(21-2)10(6)14(17)18)22(19,20)13-4-3-9(15)16/h5,13H,3-4H2,1-2H3,(H,15,16). The number of sulfonamides is 1. The van der Waals surface area contributed by atoms with E-state index in [0.717, 1.165) is 7.11 Å². The summed E-state index contributed by atoms with van der Waals surface area (Å²) in [5.74, 6) is -1.58. The van der Waals surface area contributed by atoms with E-state index in [1.165, 1.54) is 13.0 Å². The predicted octanol–water partition coefficient (Wildman–Crippen LogP) is 1.43. The molecule has 0 saturated carbocycles. The number of carbonyl (C=O) groups is 1. The zero-order chi connectivity index (χ0) is 17.1. The second-order valence-corrected chi connectivity index (χ2v) is 6.75. The molecule has 0 fully saturated rings. The number of methoxy groups -OCH3 is 1. The maximum atomic E-state index is 12.2. The van der Waals surface area contributed by atoms with Crippen LogP contribution in [-0.4, -0.2) is 38.1 Å². The molecule has 0 amide bonds. The number of ether oxygens (including phenoxy) is 1. The van der Waals surface area contributed by atoms with Gasteiger partial charge in [-0.25, -0.2) is 13.1 Å². The highest BCUT2D eigenvalue weighted by molar-refractivity contribution is 9.10. The van der Waals surface area contributed by atoms with E-state index in [4.69, 9.17) is 9.84 Å². The summed E-state index contributed by atoms with van der Waals surface area (Å²) in [7, 11) is -3.05. The van der Waals surface area contributed by atoms with Crippen LogP contribution in [0.3, 0.4) is 0 Å². The van der Waals surface area contributed by atoms with Gasteiger partial charge in [-0.1, -0.05) is 15.9 Å². The molecule has 1 aromatic carbocycles. The third kappa shape index (κ3) is 3.93. The number of nitrogens with one attached hydrogen (secondary N) is 1. The molecule has 0 saturated heterocycles. The quantitative estimate of drug-likeness (QED) is 0.525. The first-order valence-electron chi connectivity index (χ1n) is 5.84. The van der Waals surface area contributed by atoms with E-state index in [9.17, 15) is 23.3 Å². The first-order valence-corrected chi connectivity index (χ1v) is 8.12. The molecule has 0 aliphatic rings. The summed E-state index contributed by atoms with van der Waals surface area (Å²) in [6.45, 7) is 1.10. The average Bonchev–Trinajstić information content (AvgIpc) is 2.39. The highest BCUT2D eigenvalue weighted by atomic mass is 79.9. The average molecular weight is 397 g/mol. The number of nitro groups is 1. The minimum absolute atomic E-state index is 0.214. The van der Waals surface area contributed by atoms with Crippen LogP contribution >= 0.6 is 15.9 Å². The Hall–Kier alpha value is -1.72. The van der Waals surface area contributed by atoms with Gasteiger partial charge in [-0.15, -0.1) is 0 Å². The van der Waals surface area contributed by atoms with Crippen LogP contribution in [0.1, 0.15) is 12.0 Å². The molecule has 0 heterocycles. The number of nitrogens with zero attached hydrogens (tertiary/aromatic N) is 1. The number of carboxylic acid groups (broad SMARTS) is 1. The predicted molar refractivity (Wildman–Crippen MR) is 79.5 cm³/mol. The minimum Gasteiger partial charge on any atom is -0.489 e. The lowest BCUT2D eigenvalue weighted by molar-refractivity contribution is -0.386. The molecule has 1 aromatic rings. The number of hydrogen-bond donors (Lipinski definition) is 2. The monoisotopic (exact) mass is 396 g/mol. The molecular weight excluding hydrogens is 384 g/mol. The fraction of sp³-hybridized carbons (Fsp3) is 0.364. The number of nitro benzene ring substituents is 1. The minimum atomic E-state index is -4.17. The Morgan fingerprint density at radius 1 is 1.55 bits per heavy atom. The number of halogens is 1.